The van der Waals surface area contributed by atoms with Crippen LogP contribution in [0.25, 0.3) is 17.0 Å². The molecule has 0 spiro atoms. The van der Waals surface area contributed by atoms with E-state index in [1.54, 1.807) is 29.1 Å². The minimum atomic E-state index is -0.192. The highest BCUT2D eigenvalue weighted by Gasteiger charge is 2.17. The first-order valence-corrected chi connectivity index (χ1v) is 7.63. The van der Waals surface area contributed by atoms with Gasteiger partial charge < -0.3 is 13.9 Å². The van der Waals surface area contributed by atoms with Crippen LogP contribution in [0.15, 0.2) is 37.4 Å². The van der Waals surface area contributed by atoms with Crippen molar-refractivity contribution < 1.29 is 14.3 Å². The maximum absolute atomic E-state index is 11.6. The summed E-state index contributed by atoms with van der Waals surface area (Å²) in [6, 6.07) is 0. The van der Waals surface area contributed by atoms with E-state index in [-0.39, 0.29) is 17.4 Å². The van der Waals surface area contributed by atoms with Gasteiger partial charge in [-0.05, 0) is 6.42 Å². The number of ether oxygens (including phenoxy) is 2. The molecule has 0 fully saturated rings. The van der Waals surface area contributed by atoms with Crippen molar-refractivity contribution in [3.05, 3.63) is 43.1 Å². The molecule has 25 heavy (non-hydrogen) atoms. The van der Waals surface area contributed by atoms with Gasteiger partial charge in [0.2, 0.25) is 11.5 Å². The molecule has 0 saturated carbocycles. The SMILES string of the molecule is C=CCCOc1nc(-c2nc(C(C)=O)cnc2OC)cn2ccnc12. The average Bonchev–Trinajstić information content (AvgIpc) is 3.10. The average molecular weight is 339 g/mol. The van der Waals surface area contributed by atoms with Crippen molar-refractivity contribution in [3.63, 3.8) is 0 Å². The van der Waals surface area contributed by atoms with Gasteiger partial charge in [-0.15, -0.1) is 6.58 Å². The van der Waals surface area contributed by atoms with Crippen LogP contribution in [0.5, 0.6) is 11.8 Å². The third kappa shape index (κ3) is 3.32. The highest BCUT2D eigenvalue weighted by molar-refractivity contribution is 5.92. The van der Waals surface area contributed by atoms with E-state index < -0.39 is 0 Å². The molecule has 0 N–H and O–H groups in total. The molecule has 0 saturated heterocycles. The molecule has 8 heteroatoms. The Labute approximate surface area is 144 Å². The number of Topliss-reactive ketones (excluding diaryl/α,β-unsaturated/α-hetero) is 1. The number of nitrogens with zero attached hydrogens (tertiary/aromatic N) is 5. The zero-order chi connectivity index (χ0) is 17.8. The van der Waals surface area contributed by atoms with Gasteiger partial charge in [-0.25, -0.2) is 19.9 Å². The fraction of sp³-hybridized carbons (Fsp3) is 0.235. The van der Waals surface area contributed by atoms with Crippen LogP contribution in [-0.2, 0) is 0 Å². The van der Waals surface area contributed by atoms with Crippen molar-refractivity contribution >= 4 is 11.4 Å². The van der Waals surface area contributed by atoms with Crippen LogP contribution in [-0.4, -0.2) is 43.8 Å². The molecule has 0 atom stereocenters. The molecule has 3 rings (SSSR count). The molecule has 3 heterocycles. The lowest BCUT2D eigenvalue weighted by Crippen LogP contribution is -2.06. The Morgan fingerprint density at radius 3 is 2.88 bits per heavy atom. The minimum absolute atomic E-state index is 0.192. The summed E-state index contributed by atoms with van der Waals surface area (Å²) in [6.07, 6.45) is 8.98. The first kappa shape index (κ1) is 16.6. The maximum atomic E-state index is 11.6. The number of imidazole rings is 1. The number of fused-ring (bicyclic) bond motifs is 1. The van der Waals surface area contributed by atoms with Gasteiger partial charge in [0.1, 0.15) is 11.4 Å². The van der Waals surface area contributed by atoms with E-state index in [2.05, 4.69) is 26.5 Å². The van der Waals surface area contributed by atoms with Gasteiger partial charge in [0, 0.05) is 25.5 Å². The summed E-state index contributed by atoms with van der Waals surface area (Å²) in [5.41, 5.74) is 1.64. The fourth-order valence-corrected chi connectivity index (χ4v) is 2.22. The van der Waals surface area contributed by atoms with E-state index in [9.17, 15) is 4.79 Å². The molecule has 0 radical (unpaired) electrons. The molecule has 0 aliphatic heterocycles. The van der Waals surface area contributed by atoms with E-state index in [0.717, 1.165) is 0 Å². The summed E-state index contributed by atoms with van der Waals surface area (Å²) in [4.78, 5) is 28.8. The zero-order valence-electron chi connectivity index (χ0n) is 14.0. The Balaban J connectivity index is 2.13. The Bertz CT molecular complexity index is 935. The molecule has 3 aromatic heterocycles. The first-order chi connectivity index (χ1) is 12.1. The molecule has 3 aromatic rings. The zero-order valence-corrected chi connectivity index (χ0v) is 14.0. The third-order valence-corrected chi connectivity index (χ3v) is 3.44. The van der Waals surface area contributed by atoms with Gasteiger partial charge in [-0.1, -0.05) is 6.08 Å². The molecule has 0 amide bonds. The van der Waals surface area contributed by atoms with Gasteiger partial charge in [0.15, 0.2) is 11.5 Å². The van der Waals surface area contributed by atoms with Gasteiger partial charge in [0.25, 0.3) is 5.88 Å². The van der Waals surface area contributed by atoms with Crippen molar-refractivity contribution in [2.45, 2.75) is 13.3 Å². The molecular formula is C17H17N5O3. The van der Waals surface area contributed by atoms with Crippen molar-refractivity contribution in [3.8, 4) is 23.1 Å². The Morgan fingerprint density at radius 2 is 2.16 bits per heavy atom. The highest BCUT2D eigenvalue weighted by atomic mass is 16.5. The number of ketones is 1. The van der Waals surface area contributed by atoms with Gasteiger partial charge in [0.05, 0.1) is 19.9 Å². The fourth-order valence-electron chi connectivity index (χ4n) is 2.22. The maximum Gasteiger partial charge on any atom is 0.259 e. The van der Waals surface area contributed by atoms with Crippen LogP contribution in [0.3, 0.4) is 0 Å². The van der Waals surface area contributed by atoms with E-state index in [0.29, 0.717) is 35.9 Å². The summed E-state index contributed by atoms with van der Waals surface area (Å²) in [5.74, 6) is 0.443. The number of carbonyl (C=O) groups is 1. The summed E-state index contributed by atoms with van der Waals surface area (Å²) >= 11 is 0. The monoisotopic (exact) mass is 339 g/mol. The second-order valence-corrected chi connectivity index (χ2v) is 5.18. The number of hydrogen-bond acceptors (Lipinski definition) is 7. The first-order valence-electron chi connectivity index (χ1n) is 7.63. The quantitative estimate of drug-likeness (QED) is 0.371. The normalized spacial score (nSPS) is 10.6. The number of methoxy groups -OCH3 is 1. The topological polar surface area (TPSA) is 91.5 Å². The van der Waals surface area contributed by atoms with Crippen LogP contribution in [0.2, 0.25) is 0 Å². The highest BCUT2D eigenvalue weighted by Crippen LogP contribution is 2.28. The summed E-state index contributed by atoms with van der Waals surface area (Å²) in [5, 5.41) is 0. The number of aromatic nitrogens is 5. The smallest absolute Gasteiger partial charge is 0.259 e. The second-order valence-electron chi connectivity index (χ2n) is 5.18. The van der Waals surface area contributed by atoms with Crippen LogP contribution in [0, 0.1) is 0 Å². The van der Waals surface area contributed by atoms with Gasteiger partial charge in [-0.2, -0.15) is 0 Å². The van der Waals surface area contributed by atoms with Crippen LogP contribution in [0.1, 0.15) is 23.8 Å². The predicted molar refractivity (Wildman–Crippen MR) is 90.9 cm³/mol. The largest absolute Gasteiger partial charge is 0.479 e. The molecule has 0 unspecified atom stereocenters. The lowest BCUT2D eigenvalue weighted by atomic mass is 10.2. The summed E-state index contributed by atoms with van der Waals surface area (Å²) < 4.78 is 12.7. The van der Waals surface area contributed by atoms with E-state index >= 15 is 0 Å². The van der Waals surface area contributed by atoms with Crippen LogP contribution in [0.4, 0.5) is 0 Å². The van der Waals surface area contributed by atoms with Crippen molar-refractivity contribution in [1.29, 1.82) is 0 Å². The van der Waals surface area contributed by atoms with Crippen LogP contribution < -0.4 is 9.47 Å². The molecule has 128 valence electrons. The lowest BCUT2D eigenvalue weighted by Gasteiger charge is -2.10. The Morgan fingerprint density at radius 1 is 1.32 bits per heavy atom. The standard InChI is InChI=1S/C17H17N5O3/c1-4-5-8-25-17-15-18-6-7-22(15)10-13(21-17)14-16(24-3)19-9-12(20-14)11(2)23/h4,6-7,9-10H,1,5,8H2,2-3H3. The van der Waals surface area contributed by atoms with E-state index in [1.807, 2.05) is 0 Å². The molecule has 8 nitrogen and oxygen atoms in total. The van der Waals surface area contributed by atoms with E-state index in [4.69, 9.17) is 9.47 Å². The van der Waals surface area contributed by atoms with E-state index in [1.165, 1.54) is 20.2 Å². The third-order valence-electron chi connectivity index (χ3n) is 3.44. The Hall–Kier alpha value is -3.29. The predicted octanol–water partition coefficient (Wildman–Crippen LogP) is 2.35. The molecular weight excluding hydrogens is 322 g/mol. The molecule has 0 aliphatic carbocycles. The number of carbonyl (C=O) groups excluding carboxylic acids is 1. The summed E-state index contributed by atoms with van der Waals surface area (Å²) in [6.45, 7) is 5.53. The lowest BCUT2D eigenvalue weighted by molar-refractivity contribution is 0.101. The van der Waals surface area contributed by atoms with Crippen LogP contribution >= 0.6 is 0 Å². The van der Waals surface area contributed by atoms with Crippen molar-refractivity contribution in [2.24, 2.45) is 0 Å². The van der Waals surface area contributed by atoms with Gasteiger partial charge >= 0.3 is 0 Å². The second kappa shape index (κ2) is 7.08. The number of rotatable bonds is 7. The van der Waals surface area contributed by atoms with Gasteiger partial charge in [-0.3, -0.25) is 4.79 Å². The molecule has 0 bridgehead atoms. The molecule has 0 aliphatic rings. The minimum Gasteiger partial charge on any atom is -0.479 e. The van der Waals surface area contributed by atoms with Crippen molar-refractivity contribution in [1.82, 2.24) is 24.3 Å². The van der Waals surface area contributed by atoms with Crippen molar-refractivity contribution in [2.75, 3.05) is 13.7 Å². The number of hydrogen-bond donors (Lipinski definition) is 0. The Kier molecular flexibility index (Phi) is 4.69. The molecule has 0 aromatic carbocycles. The summed E-state index contributed by atoms with van der Waals surface area (Å²) in [7, 11) is 1.48.